The summed E-state index contributed by atoms with van der Waals surface area (Å²) in [6.45, 7) is -0.835. The number of hydrogen-bond acceptors (Lipinski definition) is 3. The fourth-order valence-electron chi connectivity index (χ4n) is 3.83. The normalized spacial score (nSPS) is 12.9. The highest BCUT2D eigenvalue weighted by Crippen LogP contribution is 2.44. The van der Waals surface area contributed by atoms with Crippen molar-refractivity contribution in [3.8, 4) is 16.9 Å². The van der Waals surface area contributed by atoms with Gasteiger partial charge in [-0.3, -0.25) is 0 Å². The van der Waals surface area contributed by atoms with Crippen molar-refractivity contribution in [2.75, 3.05) is 19.8 Å². The Balaban J connectivity index is 1.25. The van der Waals surface area contributed by atoms with Crippen LogP contribution >= 0.6 is 0 Å². The number of alkyl halides is 3. The minimum Gasteiger partial charge on any atom is -0.484 e. The van der Waals surface area contributed by atoms with Crippen LogP contribution in [-0.2, 0) is 4.74 Å². The molecule has 0 fully saturated rings. The number of ether oxygens (including phenoxy) is 2. The van der Waals surface area contributed by atoms with Gasteiger partial charge in [0.25, 0.3) is 0 Å². The molecule has 3 aromatic rings. The number of alkyl carbamates (subject to hydrolysis) is 1. The molecule has 0 atom stereocenters. The van der Waals surface area contributed by atoms with Gasteiger partial charge in [-0.1, -0.05) is 72.8 Å². The van der Waals surface area contributed by atoms with Gasteiger partial charge in [0.15, 0.2) is 6.61 Å². The number of nitrogens with one attached hydrogen (secondary N) is 1. The van der Waals surface area contributed by atoms with Crippen LogP contribution in [0.4, 0.5) is 18.0 Å². The van der Waals surface area contributed by atoms with Gasteiger partial charge in [-0.25, -0.2) is 4.79 Å². The molecule has 1 aliphatic carbocycles. The summed E-state index contributed by atoms with van der Waals surface area (Å²) in [5, 5.41) is 2.68. The molecule has 0 aliphatic heterocycles. The van der Waals surface area contributed by atoms with Gasteiger partial charge in [-0.15, -0.1) is 0 Å². The van der Waals surface area contributed by atoms with Crippen molar-refractivity contribution in [2.45, 2.75) is 12.1 Å². The van der Waals surface area contributed by atoms with E-state index >= 15 is 0 Å². The van der Waals surface area contributed by atoms with Gasteiger partial charge in [-0.05, 0) is 39.9 Å². The van der Waals surface area contributed by atoms with E-state index in [2.05, 4.69) is 34.3 Å². The van der Waals surface area contributed by atoms with E-state index in [9.17, 15) is 18.0 Å². The fourth-order valence-corrected chi connectivity index (χ4v) is 3.83. The third-order valence-electron chi connectivity index (χ3n) is 5.30. The molecule has 0 unspecified atom stereocenters. The quantitative estimate of drug-likeness (QED) is 0.465. The molecule has 1 aliphatic rings. The standard InChI is InChI=1S/C26H22F3NO3/c27-26(28,29)17-33-19-13-11-18(12-14-19)6-5-15-30-25(31)32-16-24-22-9-3-1-7-20(22)21-8-2-4-10-23(21)24/h1-14,24H,15-17H2,(H,30,31). The summed E-state index contributed by atoms with van der Waals surface area (Å²) < 4.78 is 46.7. The smallest absolute Gasteiger partial charge is 0.422 e. The minimum atomic E-state index is -4.37. The number of carbonyl (C=O) groups excluding carboxylic acids is 1. The van der Waals surface area contributed by atoms with Crippen LogP contribution in [0.3, 0.4) is 0 Å². The second kappa shape index (κ2) is 9.81. The Morgan fingerprint density at radius 2 is 1.52 bits per heavy atom. The largest absolute Gasteiger partial charge is 0.484 e. The Morgan fingerprint density at radius 1 is 0.909 bits per heavy atom. The first-order valence-corrected chi connectivity index (χ1v) is 10.5. The SMILES string of the molecule is O=C(NCC=Cc1ccc(OCC(F)(F)F)cc1)OCC1c2ccccc2-c2ccccc21. The first-order chi connectivity index (χ1) is 15.9. The molecule has 0 heterocycles. The average molecular weight is 453 g/mol. The molecular formula is C26H22F3NO3. The van der Waals surface area contributed by atoms with Crippen LogP contribution in [-0.4, -0.2) is 32.0 Å². The van der Waals surface area contributed by atoms with E-state index in [0.29, 0.717) is 0 Å². The summed E-state index contributed by atoms with van der Waals surface area (Å²) in [5.74, 6) is 0.137. The lowest BCUT2D eigenvalue weighted by atomic mass is 9.98. The number of rotatable bonds is 7. The second-order valence-corrected chi connectivity index (χ2v) is 7.58. The molecule has 4 rings (SSSR count). The van der Waals surface area contributed by atoms with Gasteiger partial charge < -0.3 is 14.8 Å². The van der Waals surface area contributed by atoms with Crippen LogP contribution in [0.15, 0.2) is 78.9 Å². The number of carbonyl (C=O) groups is 1. The van der Waals surface area contributed by atoms with E-state index in [1.54, 1.807) is 24.3 Å². The maximum Gasteiger partial charge on any atom is 0.422 e. The molecule has 1 amide bonds. The highest BCUT2D eigenvalue weighted by molar-refractivity contribution is 5.79. The number of amides is 1. The third-order valence-corrected chi connectivity index (χ3v) is 5.30. The van der Waals surface area contributed by atoms with Gasteiger partial charge in [-0.2, -0.15) is 13.2 Å². The van der Waals surface area contributed by atoms with Gasteiger partial charge >= 0.3 is 12.3 Å². The summed E-state index contributed by atoms with van der Waals surface area (Å²) in [6, 6.07) is 22.4. The Kier molecular flexibility index (Phi) is 6.68. The van der Waals surface area contributed by atoms with E-state index in [1.807, 2.05) is 24.3 Å². The first kappa shape index (κ1) is 22.5. The highest BCUT2D eigenvalue weighted by atomic mass is 19.4. The van der Waals surface area contributed by atoms with Crippen molar-refractivity contribution in [1.82, 2.24) is 5.32 Å². The van der Waals surface area contributed by atoms with Crippen LogP contribution in [0.25, 0.3) is 17.2 Å². The molecule has 0 aromatic heterocycles. The van der Waals surface area contributed by atoms with E-state index in [4.69, 9.17) is 4.74 Å². The van der Waals surface area contributed by atoms with Crippen molar-refractivity contribution in [1.29, 1.82) is 0 Å². The van der Waals surface area contributed by atoms with Crippen molar-refractivity contribution in [2.24, 2.45) is 0 Å². The summed E-state index contributed by atoms with van der Waals surface area (Å²) in [4.78, 5) is 12.2. The van der Waals surface area contributed by atoms with Crippen LogP contribution in [0.1, 0.15) is 22.6 Å². The van der Waals surface area contributed by atoms with Crippen LogP contribution in [0.5, 0.6) is 5.75 Å². The Labute approximate surface area is 189 Å². The average Bonchev–Trinajstić information content (AvgIpc) is 3.13. The van der Waals surface area contributed by atoms with Gasteiger partial charge in [0.05, 0.1) is 0 Å². The summed E-state index contributed by atoms with van der Waals surface area (Å²) >= 11 is 0. The zero-order valence-electron chi connectivity index (χ0n) is 17.6. The molecule has 7 heteroatoms. The van der Waals surface area contributed by atoms with E-state index in [0.717, 1.165) is 16.7 Å². The molecule has 0 spiro atoms. The van der Waals surface area contributed by atoms with Gasteiger partial charge in [0.2, 0.25) is 0 Å². The van der Waals surface area contributed by atoms with Gasteiger partial charge in [0.1, 0.15) is 12.4 Å². The van der Waals surface area contributed by atoms with E-state index in [1.165, 1.54) is 23.3 Å². The fraction of sp³-hybridized carbons (Fsp3) is 0.192. The van der Waals surface area contributed by atoms with Crippen LogP contribution in [0.2, 0.25) is 0 Å². The Bertz CT molecular complexity index is 1090. The summed E-state index contributed by atoms with van der Waals surface area (Å²) in [7, 11) is 0. The predicted octanol–water partition coefficient (Wildman–Crippen LogP) is 6.18. The molecule has 170 valence electrons. The van der Waals surface area contributed by atoms with Crippen molar-refractivity contribution in [3.63, 3.8) is 0 Å². The van der Waals surface area contributed by atoms with E-state index < -0.39 is 18.9 Å². The lowest BCUT2D eigenvalue weighted by molar-refractivity contribution is -0.153. The molecule has 4 nitrogen and oxygen atoms in total. The molecule has 0 radical (unpaired) electrons. The Morgan fingerprint density at radius 3 is 2.12 bits per heavy atom. The maximum atomic E-state index is 12.2. The molecule has 3 aromatic carbocycles. The number of halogens is 3. The molecule has 1 N–H and O–H groups in total. The number of benzene rings is 3. The first-order valence-electron chi connectivity index (χ1n) is 10.5. The third kappa shape index (κ3) is 5.74. The molecule has 0 bridgehead atoms. The van der Waals surface area contributed by atoms with Crippen molar-refractivity contribution in [3.05, 3.63) is 95.6 Å². The second-order valence-electron chi connectivity index (χ2n) is 7.58. The highest BCUT2D eigenvalue weighted by Gasteiger charge is 2.29. The number of hydrogen-bond donors (Lipinski definition) is 1. The summed E-state index contributed by atoms with van der Waals surface area (Å²) in [5.41, 5.74) is 5.39. The van der Waals surface area contributed by atoms with E-state index in [-0.39, 0.29) is 24.8 Å². The zero-order chi connectivity index (χ0) is 23.3. The maximum absolute atomic E-state index is 12.2. The van der Waals surface area contributed by atoms with Crippen molar-refractivity contribution < 1.29 is 27.4 Å². The lowest BCUT2D eigenvalue weighted by Gasteiger charge is -2.14. The van der Waals surface area contributed by atoms with Crippen molar-refractivity contribution >= 4 is 12.2 Å². The lowest BCUT2D eigenvalue weighted by Crippen LogP contribution is -2.26. The topological polar surface area (TPSA) is 47.6 Å². The molecular weight excluding hydrogens is 431 g/mol. The number of fused-ring (bicyclic) bond motifs is 3. The Hall–Kier alpha value is -3.74. The molecule has 0 saturated carbocycles. The summed E-state index contributed by atoms with van der Waals surface area (Å²) in [6.07, 6.45) is -1.41. The van der Waals surface area contributed by atoms with Crippen LogP contribution in [0, 0.1) is 0 Å². The monoisotopic (exact) mass is 453 g/mol. The minimum absolute atomic E-state index is 0.00299. The predicted molar refractivity (Wildman–Crippen MR) is 120 cm³/mol. The van der Waals surface area contributed by atoms with Gasteiger partial charge in [0, 0.05) is 12.5 Å². The van der Waals surface area contributed by atoms with Crippen LogP contribution < -0.4 is 10.1 Å². The molecule has 0 saturated heterocycles. The molecule has 33 heavy (non-hydrogen) atoms. The zero-order valence-corrected chi connectivity index (χ0v) is 17.6.